The van der Waals surface area contributed by atoms with Gasteiger partial charge in [-0.3, -0.25) is 9.59 Å². The van der Waals surface area contributed by atoms with E-state index in [-0.39, 0.29) is 23.8 Å². The van der Waals surface area contributed by atoms with Crippen LogP contribution in [0.4, 0.5) is 10.1 Å². The van der Waals surface area contributed by atoms with Gasteiger partial charge in [-0.25, -0.2) is 4.39 Å². The summed E-state index contributed by atoms with van der Waals surface area (Å²) in [5, 5.41) is 14.3. The Morgan fingerprint density at radius 3 is 2.52 bits per heavy atom. The van der Waals surface area contributed by atoms with Gasteiger partial charge in [0.1, 0.15) is 5.82 Å². The first-order valence-electron chi connectivity index (χ1n) is 9.36. The Kier molecular flexibility index (Phi) is 7.65. The van der Waals surface area contributed by atoms with Gasteiger partial charge < -0.3 is 15.2 Å². The fourth-order valence-electron chi connectivity index (χ4n) is 2.94. The fourth-order valence-corrected chi connectivity index (χ4v) is 4.60. The highest BCUT2D eigenvalue weighted by molar-refractivity contribution is 14.1. The second kappa shape index (κ2) is 10.2. The first kappa shape index (κ1) is 23.2. The van der Waals surface area contributed by atoms with Gasteiger partial charge in [-0.1, -0.05) is 23.9 Å². The second-order valence-corrected chi connectivity index (χ2v) is 9.06. The quantitative estimate of drug-likeness (QED) is 0.343. The van der Waals surface area contributed by atoms with Gasteiger partial charge >= 0.3 is 0 Å². The minimum absolute atomic E-state index is 0.0304. The smallest absolute Gasteiger partial charge is 0.254 e. The van der Waals surface area contributed by atoms with Crippen LogP contribution in [0.3, 0.4) is 0 Å². The zero-order chi connectivity index (χ0) is 22.5. The van der Waals surface area contributed by atoms with E-state index >= 15 is 0 Å². The molecule has 0 aliphatic rings. The van der Waals surface area contributed by atoms with Crippen LogP contribution in [-0.4, -0.2) is 32.3 Å². The summed E-state index contributed by atoms with van der Waals surface area (Å²) in [5.41, 5.74) is 2.81. The third kappa shape index (κ3) is 5.82. The van der Waals surface area contributed by atoms with Crippen molar-refractivity contribution in [2.75, 3.05) is 11.1 Å². The predicted molar refractivity (Wildman–Crippen MR) is 127 cm³/mol. The summed E-state index contributed by atoms with van der Waals surface area (Å²) < 4.78 is 16.5. The van der Waals surface area contributed by atoms with E-state index in [1.807, 2.05) is 26.0 Å². The summed E-state index contributed by atoms with van der Waals surface area (Å²) in [6, 6.07) is 9.80. The van der Waals surface area contributed by atoms with Gasteiger partial charge in [0.15, 0.2) is 11.0 Å². The van der Waals surface area contributed by atoms with Gasteiger partial charge in [0.05, 0.1) is 17.9 Å². The third-order valence-corrected chi connectivity index (χ3v) is 6.19. The van der Waals surface area contributed by atoms with Crippen molar-refractivity contribution in [1.29, 1.82) is 0 Å². The van der Waals surface area contributed by atoms with E-state index in [0.717, 1.165) is 20.4 Å². The van der Waals surface area contributed by atoms with Crippen molar-refractivity contribution < 1.29 is 14.0 Å². The monoisotopic (exact) mass is 553 g/mol. The molecule has 0 unspecified atom stereocenters. The van der Waals surface area contributed by atoms with Crippen LogP contribution < -0.4 is 10.6 Å². The molecular weight excluding hydrogens is 532 g/mol. The molecule has 0 spiro atoms. The molecule has 2 aromatic carbocycles. The van der Waals surface area contributed by atoms with Crippen molar-refractivity contribution in [1.82, 2.24) is 20.1 Å². The molecule has 3 rings (SSSR count). The molecule has 0 atom stereocenters. The number of rotatable bonds is 7. The molecule has 2 N–H and O–H groups in total. The minimum atomic E-state index is -0.584. The standard InChI is InChI=1S/C21H21FIN5O2S/c1-12-8-14(23)9-13(2)19(12)25-18(29)11-31-21-27-26-17(28(21)3)10-24-20(30)15-6-4-5-7-16(15)22/h4-9H,10-11H2,1-3H3,(H,24,30)(H,25,29). The molecule has 10 heteroatoms. The van der Waals surface area contributed by atoms with E-state index in [4.69, 9.17) is 0 Å². The number of halogens is 2. The number of carbonyl (C=O) groups is 2. The predicted octanol–water partition coefficient (Wildman–Crippen LogP) is 3.84. The van der Waals surface area contributed by atoms with Crippen molar-refractivity contribution in [3.63, 3.8) is 0 Å². The van der Waals surface area contributed by atoms with Crippen LogP contribution in [0.25, 0.3) is 0 Å². The van der Waals surface area contributed by atoms with Gasteiger partial charge in [0.2, 0.25) is 5.91 Å². The van der Waals surface area contributed by atoms with Crippen LogP contribution in [-0.2, 0) is 18.4 Å². The number of hydrogen-bond donors (Lipinski definition) is 2. The molecule has 1 heterocycles. The molecule has 0 aliphatic carbocycles. The van der Waals surface area contributed by atoms with Gasteiger partial charge in [-0.15, -0.1) is 10.2 Å². The lowest BCUT2D eigenvalue weighted by atomic mass is 10.1. The lowest BCUT2D eigenvalue weighted by Gasteiger charge is -2.12. The number of amides is 2. The lowest BCUT2D eigenvalue weighted by Crippen LogP contribution is -2.25. The van der Waals surface area contributed by atoms with Gasteiger partial charge in [0.25, 0.3) is 5.91 Å². The van der Waals surface area contributed by atoms with Crippen LogP contribution in [0, 0.1) is 23.2 Å². The van der Waals surface area contributed by atoms with Gasteiger partial charge in [-0.2, -0.15) is 0 Å². The summed E-state index contributed by atoms with van der Waals surface area (Å²) in [7, 11) is 1.75. The summed E-state index contributed by atoms with van der Waals surface area (Å²) >= 11 is 3.49. The Morgan fingerprint density at radius 1 is 1.16 bits per heavy atom. The zero-order valence-electron chi connectivity index (χ0n) is 17.2. The SMILES string of the molecule is Cc1cc(I)cc(C)c1NC(=O)CSc1nnc(CNC(=O)c2ccccc2F)n1C. The van der Waals surface area contributed by atoms with Crippen LogP contribution in [0.2, 0.25) is 0 Å². The number of thioether (sulfide) groups is 1. The first-order valence-corrected chi connectivity index (χ1v) is 11.4. The van der Waals surface area contributed by atoms with E-state index in [1.54, 1.807) is 17.7 Å². The largest absolute Gasteiger partial charge is 0.345 e. The molecule has 0 bridgehead atoms. The van der Waals surface area contributed by atoms with Crippen molar-refractivity contribution in [2.24, 2.45) is 7.05 Å². The van der Waals surface area contributed by atoms with Crippen LogP contribution in [0.1, 0.15) is 27.3 Å². The molecule has 0 radical (unpaired) electrons. The Labute approximate surface area is 197 Å². The van der Waals surface area contributed by atoms with E-state index in [1.165, 1.54) is 30.0 Å². The highest BCUT2D eigenvalue weighted by Crippen LogP contribution is 2.24. The van der Waals surface area contributed by atoms with Gasteiger partial charge in [0, 0.05) is 16.3 Å². The van der Waals surface area contributed by atoms with Crippen molar-refractivity contribution in [3.05, 3.63) is 68.3 Å². The Hall–Kier alpha value is -2.47. The lowest BCUT2D eigenvalue weighted by molar-refractivity contribution is -0.113. The molecule has 0 saturated heterocycles. The summed E-state index contributed by atoms with van der Waals surface area (Å²) in [5.74, 6) is -0.596. The maximum atomic E-state index is 13.7. The summed E-state index contributed by atoms with van der Waals surface area (Å²) in [4.78, 5) is 24.6. The maximum absolute atomic E-state index is 13.7. The second-order valence-electron chi connectivity index (χ2n) is 6.87. The molecule has 31 heavy (non-hydrogen) atoms. The van der Waals surface area contributed by atoms with E-state index in [9.17, 15) is 14.0 Å². The van der Waals surface area contributed by atoms with Crippen LogP contribution in [0.15, 0.2) is 41.6 Å². The first-order chi connectivity index (χ1) is 14.8. The Balaban J connectivity index is 1.56. The highest BCUT2D eigenvalue weighted by Gasteiger charge is 2.15. The molecule has 0 fully saturated rings. The van der Waals surface area contributed by atoms with E-state index in [0.29, 0.717) is 11.0 Å². The average molecular weight is 553 g/mol. The summed E-state index contributed by atoms with van der Waals surface area (Å²) in [6.45, 7) is 4.01. The van der Waals surface area contributed by atoms with Gasteiger partial charge in [-0.05, 0) is 71.8 Å². The van der Waals surface area contributed by atoms with E-state index < -0.39 is 11.7 Å². The summed E-state index contributed by atoms with van der Waals surface area (Å²) in [6.07, 6.45) is 0. The van der Waals surface area contributed by atoms with Crippen molar-refractivity contribution in [3.8, 4) is 0 Å². The Bertz CT molecular complexity index is 1110. The zero-order valence-corrected chi connectivity index (χ0v) is 20.2. The minimum Gasteiger partial charge on any atom is -0.345 e. The fraction of sp³-hybridized carbons (Fsp3) is 0.238. The number of anilines is 1. The van der Waals surface area contributed by atoms with Crippen LogP contribution in [0.5, 0.6) is 0 Å². The average Bonchev–Trinajstić information content (AvgIpc) is 3.07. The molecule has 0 saturated carbocycles. The van der Waals surface area contributed by atoms with Crippen molar-refractivity contribution in [2.45, 2.75) is 25.5 Å². The van der Waals surface area contributed by atoms with Crippen LogP contribution >= 0.6 is 34.4 Å². The molecule has 162 valence electrons. The van der Waals surface area contributed by atoms with E-state index in [2.05, 4.69) is 43.4 Å². The number of nitrogens with zero attached hydrogens (tertiary/aromatic N) is 3. The topological polar surface area (TPSA) is 88.9 Å². The number of benzene rings is 2. The molecule has 0 aliphatic heterocycles. The number of nitrogens with one attached hydrogen (secondary N) is 2. The normalized spacial score (nSPS) is 10.7. The number of aromatic nitrogens is 3. The molecule has 2 amide bonds. The third-order valence-electron chi connectivity index (χ3n) is 4.54. The molecule has 3 aromatic rings. The van der Waals surface area contributed by atoms with Crippen molar-refractivity contribution >= 4 is 51.9 Å². The number of aryl methyl sites for hydroxylation is 2. The Morgan fingerprint density at radius 2 is 1.84 bits per heavy atom. The molecular formula is C21H21FIN5O2S. The molecule has 7 nitrogen and oxygen atoms in total. The molecule has 1 aromatic heterocycles. The number of hydrogen-bond acceptors (Lipinski definition) is 5. The highest BCUT2D eigenvalue weighted by atomic mass is 127. The number of carbonyl (C=O) groups excluding carboxylic acids is 2. The maximum Gasteiger partial charge on any atom is 0.254 e.